The summed E-state index contributed by atoms with van der Waals surface area (Å²) in [4.78, 5) is 16.3. The molecule has 1 aromatic heterocycles. The first-order valence-electron chi connectivity index (χ1n) is 7.69. The number of benzene rings is 2. The van der Waals surface area contributed by atoms with Gasteiger partial charge in [0, 0.05) is 18.0 Å². The van der Waals surface area contributed by atoms with E-state index in [0.29, 0.717) is 11.6 Å². The molecule has 2 aromatic carbocycles. The van der Waals surface area contributed by atoms with Gasteiger partial charge < -0.3 is 15.4 Å². The number of hydrogen-bond donors (Lipinski definition) is 2. The molecule has 0 aliphatic carbocycles. The van der Waals surface area contributed by atoms with Crippen LogP contribution < -0.4 is 15.4 Å². The quantitative estimate of drug-likeness (QED) is 0.714. The van der Waals surface area contributed by atoms with Gasteiger partial charge in [0.2, 0.25) is 0 Å². The Balaban J connectivity index is 1.71. The van der Waals surface area contributed by atoms with Gasteiger partial charge in [-0.3, -0.25) is 4.79 Å². The van der Waals surface area contributed by atoms with Crippen LogP contribution in [0.2, 0.25) is 0 Å². The van der Waals surface area contributed by atoms with E-state index in [1.807, 2.05) is 18.2 Å². The van der Waals surface area contributed by atoms with Crippen LogP contribution in [0.5, 0.6) is 5.75 Å². The molecule has 0 aliphatic heterocycles. The maximum absolute atomic E-state index is 13.6. The second-order valence-electron chi connectivity index (χ2n) is 5.34. The summed E-state index contributed by atoms with van der Waals surface area (Å²) >= 11 is 0. The average molecular weight is 355 g/mol. The third-order valence-electron chi connectivity index (χ3n) is 3.57. The van der Waals surface area contributed by atoms with Gasteiger partial charge in [0.25, 0.3) is 5.91 Å². The first kappa shape index (κ1) is 17.3. The van der Waals surface area contributed by atoms with Gasteiger partial charge in [0.05, 0.1) is 12.7 Å². The lowest BCUT2D eigenvalue weighted by Gasteiger charge is -2.09. The number of anilines is 3. The molecule has 5 nitrogen and oxygen atoms in total. The number of nitrogens with zero attached hydrogens (tertiary/aromatic N) is 1. The van der Waals surface area contributed by atoms with E-state index in [2.05, 4.69) is 15.6 Å². The summed E-state index contributed by atoms with van der Waals surface area (Å²) in [5.41, 5.74) is 0.447. The van der Waals surface area contributed by atoms with Crippen LogP contribution in [0.25, 0.3) is 0 Å². The zero-order valence-electron chi connectivity index (χ0n) is 13.8. The Morgan fingerprint density at radius 2 is 1.77 bits per heavy atom. The molecular weight excluding hydrogens is 340 g/mol. The summed E-state index contributed by atoms with van der Waals surface area (Å²) in [5.74, 6) is -1.15. The monoisotopic (exact) mass is 355 g/mol. The van der Waals surface area contributed by atoms with Crippen molar-refractivity contribution in [2.75, 3.05) is 17.7 Å². The molecule has 26 heavy (non-hydrogen) atoms. The number of aromatic nitrogens is 1. The average Bonchev–Trinajstić information content (AvgIpc) is 2.65. The highest BCUT2D eigenvalue weighted by Gasteiger charge is 2.13. The van der Waals surface area contributed by atoms with Crippen molar-refractivity contribution in [3.8, 4) is 5.75 Å². The Kier molecular flexibility index (Phi) is 5.07. The van der Waals surface area contributed by atoms with Gasteiger partial charge in [-0.05, 0) is 36.4 Å². The number of rotatable bonds is 5. The number of nitrogens with one attached hydrogen (secondary N) is 2. The summed E-state index contributed by atoms with van der Waals surface area (Å²) in [6, 6.07) is 13.7. The van der Waals surface area contributed by atoms with Crippen molar-refractivity contribution < 1.29 is 18.3 Å². The highest BCUT2D eigenvalue weighted by Crippen LogP contribution is 2.21. The SMILES string of the molecule is COc1cccc(Nc2ccc(C(=O)Nc3c(F)cccc3F)cn2)c1. The fraction of sp³-hybridized carbons (Fsp3) is 0.0526. The molecule has 1 amide bonds. The number of methoxy groups -OCH3 is 1. The number of pyridine rings is 1. The molecule has 7 heteroatoms. The minimum absolute atomic E-state index is 0.170. The molecule has 2 N–H and O–H groups in total. The third kappa shape index (κ3) is 3.94. The lowest BCUT2D eigenvalue weighted by Crippen LogP contribution is -2.14. The van der Waals surface area contributed by atoms with E-state index < -0.39 is 23.2 Å². The van der Waals surface area contributed by atoms with Gasteiger partial charge in [0.15, 0.2) is 0 Å². The highest BCUT2D eigenvalue weighted by atomic mass is 19.1. The summed E-state index contributed by atoms with van der Waals surface area (Å²) in [7, 11) is 1.57. The standard InChI is InChI=1S/C19H15F2N3O2/c1-26-14-5-2-4-13(10-14)23-17-9-8-12(11-22-17)19(25)24-18-15(20)6-3-7-16(18)21/h2-11H,1H3,(H,22,23)(H,24,25). The number of hydrogen-bond acceptors (Lipinski definition) is 4. The van der Waals surface area contributed by atoms with Gasteiger partial charge in [-0.15, -0.1) is 0 Å². The first-order valence-corrected chi connectivity index (χ1v) is 7.69. The molecule has 1 heterocycles. The maximum Gasteiger partial charge on any atom is 0.257 e. The maximum atomic E-state index is 13.6. The Bertz CT molecular complexity index is 910. The Hall–Kier alpha value is -3.48. The van der Waals surface area contributed by atoms with Crippen molar-refractivity contribution in [2.24, 2.45) is 0 Å². The molecule has 0 bridgehead atoms. The van der Waals surface area contributed by atoms with Crippen LogP contribution in [-0.2, 0) is 0 Å². The van der Waals surface area contributed by atoms with Crippen LogP contribution in [0.15, 0.2) is 60.8 Å². The Morgan fingerprint density at radius 3 is 2.42 bits per heavy atom. The van der Waals surface area contributed by atoms with Gasteiger partial charge >= 0.3 is 0 Å². The van der Waals surface area contributed by atoms with Crippen molar-refractivity contribution in [1.29, 1.82) is 0 Å². The van der Waals surface area contributed by atoms with Crippen LogP contribution in [0.4, 0.5) is 26.0 Å². The third-order valence-corrected chi connectivity index (χ3v) is 3.57. The van der Waals surface area contributed by atoms with E-state index in [-0.39, 0.29) is 5.56 Å². The van der Waals surface area contributed by atoms with Gasteiger partial charge in [-0.1, -0.05) is 12.1 Å². The number of carbonyl (C=O) groups is 1. The second-order valence-corrected chi connectivity index (χ2v) is 5.34. The van der Waals surface area contributed by atoms with Gasteiger partial charge in [-0.2, -0.15) is 0 Å². The van der Waals surface area contributed by atoms with Crippen molar-refractivity contribution in [2.45, 2.75) is 0 Å². The zero-order valence-corrected chi connectivity index (χ0v) is 13.8. The molecule has 3 aromatic rings. The molecule has 132 valence electrons. The van der Waals surface area contributed by atoms with Crippen molar-refractivity contribution in [3.05, 3.63) is 78.0 Å². The molecular formula is C19H15F2N3O2. The van der Waals surface area contributed by atoms with Crippen LogP contribution >= 0.6 is 0 Å². The van der Waals surface area contributed by atoms with E-state index in [4.69, 9.17) is 4.74 Å². The van der Waals surface area contributed by atoms with Gasteiger partial charge in [0.1, 0.15) is 28.9 Å². The molecule has 0 saturated heterocycles. The lowest BCUT2D eigenvalue weighted by molar-refractivity contribution is 0.102. The predicted molar refractivity (Wildman–Crippen MR) is 94.8 cm³/mol. The first-order chi connectivity index (χ1) is 12.6. The molecule has 0 fully saturated rings. The van der Waals surface area contributed by atoms with Crippen LogP contribution in [0, 0.1) is 11.6 Å². The molecule has 0 atom stereocenters. The van der Waals surface area contributed by atoms with E-state index in [9.17, 15) is 13.6 Å². The van der Waals surface area contributed by atoms with Crippen LogP contribution in [0.3, 0.4) is 0 Å². The van der Waals surface area contributed by atoms with Crippen molar-refractivity contribution in [3.63, 3.8) is 0 Å². The topological polar surface area (TPSA) is 63.2 Å². The van der Waals surface area contributed by atoms with E-state index >= 15 is 0 Å². The zero-order chi connectivity index (χ0) is 18.5. The largest absolute Gasteiger partial charge is 0.497 e. The molecule has 0 unspecified atom stereocenters. The predicted octanol–water partition coefficient (Wildman–Crippen LogP) is 4.36. The minimum Gasteiger partial charge on any atom is -0.497 e. The number of carbonyl (C=O) groups excluding carboxylic acids is 1. The molecule has 0 aliphatic rings. The second kappa shape index (κ2) is 7.60. The number of ether oxygens (including phenoxy) is 1. The lowest BCUT2D eigenvalue weighted by atomic mass is 10.2. The molecule has 0 radical (unpaired) electrons. The van der Waals surface area contributed by atoms with Crippen LogP contribution in [-0.4, -0.2) is 18.0 Å². The minimum atomic E-state index is -0.845. The van der Waals surface area contributed by atoms with Crippen LogP contribution in [0.1, 0.15) is 10.4 Å². The summed E-state index contributed by atoms with van der Waals surface area (Å²) in [6.07, 6.45) is 1.32. The number of halogens is 2. The van der Waals surface area contributed by atoms with Crippen molar-refractivity contribution >= 4 is 23.1 Å². The molecule has 0 saturated carbocycles. The number of para-hydroxylation sites is 1. The fourth-order valence-electron chi connectivity index (χ4n) is 2.25. The summed E-state index contributed by atoms with van der Waals surface area (Å²) in [5, 5.41) is 5.28. The smallest absolute Gasteiger partial charge is 0.257 e. The summed E-state index contributed by atoms with van der Waals surface area (Å²) in [6.45, 7) is 0. The van der Waals surface area contributed by atoms with E-state index in [1.165, 1.54) is 18.3 Å². The Morgan fingerprint density at radius 1 is 1.04 bits per heavy atom. The Labute approximate surface area is 148 Å². The van der Waals surface area contributed by atoms with Crippen molar-refractivity contribution in [1.82, 2.24) is 4.98 Å². The molecule has 0 spiro atoms. The fourth-order valence-corrected chi connectivity index (χ4v) is 2.25. The summed E-state index contributed by atoms with van der Waals surface area (Å²) < 4.78 is 32.4. The number of amides is 1. The van der Waals surface area contributed by atoms with E-state index in [0.717, 1.165) is 17.8 Å². The normalized spacial score (nSPS) is 10.3. The molecule has 3 rings (SSSR count). The highest BCUT2D eigenvalue weighted by molar-refractivity contribution is 6.04. The van der Waals surface area contributed by atoms with E-state index in [1.54, 1.807) is 19.2 Å². The van der Waals surface area contributed by atoms with Gasteiger partial charge in [-0.25, -0.2) is 13.8 Å².